The second-order valence-electron chi connectivity index (χ2n) is 7.39. The summed E-state index contributed by atoms with van der Waals surface area (Å²) in [5.74, 6) is -0.770. The van der Waals surface area contributed by atoms with Gasteiger partial charge < -0.3 is 15.3 Å². The number of rotatable bonds is 5. The first-order chi connectivity index (χ1) is 12.4. The highest BCUT2D eigenvalue weighted by Gasteiger charge is 2.43. The second kappa shape index (κ2) is 7.48. The van der Waals surface area contributed by atoms with Crippen molar-refractivity contribution in [2.45, 2.75) is 57.4 Å². The first kappa shape index (κ1) is 18.4. The van der Waals surface area contributed by atoms with Crippen molar-refractivity contribution in [3.63, 3.8) is 0 Å². The van der Waals surface area contributed by atoms with Crippen LogP contribution in [0, 0.1) is 5.92 Å². The molecule has 6 nitrogen and oxygen atoms in total. The number of nitrogens with one attached hydrogen (secondary N) is 1. The Balaban J connectivity index is 1.76. The van der Waals surface area contributed by atoms with Crippen LogP contribution in [0.4, 0.5) is 5.69 Å². The molecule has 1 aromatic rings. The van der Waals surface area contributed by atoms with Gasteiger partial charge in [-0.2, -0.15) is 0 Å². The third-order valence-electron chi connectivity index (χ3n) is 5.79. The molecule has 0 aromatic heterocycles. The molecule has 1 aromatic carbocycles. The third kappa shape index (κ3) is 3.59. The Kier molecular flexibility index (Phi) is 5.30. The lowest BCUT2D eigenvalue weighted by molar-refractivity contribution is -0.146. The van der Waals surface area contributed by atoms with E-state index in [1.54, 1.807) is 29.2 Å². The quantitative estimate of drug-likeness (QED) is 0.847. The minimum atomic E-state index is -1.19. The molecule has 2 fully saturated rings. The van der Waals surface area contributed by atoms with Gasteiger partial charge in [0.1, 0.15) is 5.54 Å². The lowest BCUT2D eigenvalue weighted by Crippen LogP contribution is -2.56. The van der Waals surface area contributed by atoms with Gasteiger partial charge in [0.15, 0.2) is 0 Å². The number of nitrogens with zero attached hydrogens (tertiary/aromatic N) is 1. The molecule has 2 N–H and O–H groups in total. The van der Waals surface area contributed by atoms with Crippen molar-refractivity contribution in [2.75, 3.05) is 11.4 Å². The van der Waals surface area contributed by atoms with Gasteiger partial charge in [-0.1, -0.05) is 19.4 Å². The van der Waals surface area contributed by atoms with Crippen molar-refractivity contribution in [3.05, 3.63) is 29.8 Å². The highest BCUT2D eigenvalue weighted by molar-refractivity contribution is 6.00. The topological polar surface area (TPSA) is 86.7 Å². The van der Waals surface area contributed by atoms with Crippen molar-refractivity contribution in [2.24, 2.45) is 5.92 Å². The number of hydrogen-bond donors (Lipinski definition) is 2. The minimum Gasteiger partial charge on any atom is -0.480 e. The number of carbonyl (C=O) groups is 3. The van der Waals surface area contributed by atoms with E-state index in [9.17, 15) is 19.5 Å². The Bertz CT molecular complexity index is 708. The summed E-state index contributed by atoms with van der Waals surface area (Å²) in [4.78, 5) is 38.2. The molecule has 1 saturated heterocycles. The SMILES string of the molecule is CCC1CCC(NC(=O)c2cccc(N3CCCC3=O)c2)(C(=O)O)CC1. The van der Waals surface area contributed by atoms with E-state index in [0.29, 0.717) is 43.0 Å². The lowest BCUT2D eigenvalue weighted by atomic mass is 9.75. The normalized spacial score (nSPS) is 26.0. The molecule has 2 amide bonds. The molecule has 1 heterocycles. The first-order valence-electron chi connectivity index (χ1n) is 9.41. The number of carboxylic acids is 1. The van der Waals surface area contributed by atoms with Crippen molar-refractivity contribution >= 4 is 23.5 Å². The molecule has 0 spiro atoms. The molecule has 26 heavy (non-hydrogen) atoms. The zero-order chi connectivity index (χ0) is 18.7. The summed E-state index contributed by atoms with van der Waals surface area (Å²) in [6.07, 6.45) is 4.91. The number of carbonyl (C=O) groups excluding carboxylic acids is 2. The van der Waals surface area contributed by atoms with E-state index in [4.69, 9.17) is 0 Å². The van der Waals surface area contributed by atoms with Crippen molar-refractivity contribution in [1.29, 1.82) is 0 Å². The van der Waals surface area contributed by atoms with Gasteiger partial charge in [-0.3, -0.25) is 9.59 Å². The summed E-state index contributed by atoms with van der Waals surface area (Å²) in [5.41, 5.74) is -0.109. The number of anilines is 1. The predicted octanol–water partition coefficient (Wildman–Crippen LogP) is 2.97. The van der Waals surface area contributed by atoms with Crippen LogP contribution in [0.25, 0.3) is 0 Å². The maximum absolute atomic E-state index is 12.7. The smallest absolute Gasteiger partial charge is 0.329 e. The van der Waals surface area contributed by atoms with Crippen LogP contribution < -0.4 is 10.2 Å². The zero-order valence-electron chi connectivity index (χ0n) is 15.2. The molecule has 6 heteroatoms. The van der Waals surface area contributed by atoms with Gasteiger partial charge in [-0.05, 0) is 56.2 Å². The predicted molar refractivity (Wildman–Crippen MR) is 98.1 cm³/mol. The van der Waals surface area contributed by atoms with Gasteiger partial charge in [-0.25, -0.2) is 4.79 Å². The highest BCUT2D eigenvalue weighted by atomic mass is 16.4. The van der Waals surface area contributed by atoms with E-state index in [2.05, 4.69) is 12.2 Å². The minimum absolute atomic E-state index is 0.0578. The maximum atomic E-state index is 12.7. The largest absolute Gasteiger partial charge is 0.480 e. The molecule has 0 atom stereocenters. The summed E-state index contributed by atoms with van der Waals surface area (Å²) in [6.45, 7) is 2.77. The lowest BCUT2D eigenvalue weighted by Gasteiger charge is -2.37. The Morgan fingerprint density at radius 2 is 2.04 bits per heavy atom. The molecule has 0 radical (unpaired) electrons. The Morgan fingerprint density at radius 3 is 2.62 bits per heavy atom. The van der Waals surface area contributed by atoms with Gasteiger partial charge in [0.25, 0.3) is 5.91 Å². The molecular formula is C20H26N2O4. The fourth-order valence-corrected chi connectivity index (χ4v) is 4.00. The molecule has 2 aliphatic rings. The Labute approximate surface area is 153 Å². The van der Waals surface area contributed by atoms with Gasteiger partial charge in [0.05, 0.1) is 0 Å². The Morgan fingerprint density at radius 1 is 1.31 bits per heavy atom. The molecule has 140 valence electrons. The molecular weight excluding hydrogens is 332 g/mol. The van der Waals surface area contributed by atoms with Crippen molar-refractivity contribution in [1.82, 2.24) is 5.32 Å². The summed E-state index contributed by atoms with van der Waals surface area (Å²) in [5, 5.41) is 12.5. The summed E-state index contributed by atoms with van der Waals surface area (Å²) in [7, 11) is 0. The van der Waals surface area contributed by atoms with Crippen LogP contribution in [0.2, 0.25) is 0 Å². The maximum Gasteiger partial charge on any atom is 0.329 e. The van der Waals surface area contributed by atoms with E-state index in [1.165, 1.54) is 0 Å². The monoisotopic (exact) mass is 358 g/mol. The van der Waals surface area contributed by atoms with Crippen molar-refractivity contribution < 1.29 is 19.5 Å². The summed E-state index contributed by atoms with van der Waals surface area (Å²) >= 11 is 0. The fourth-order valence-electron chi connectivity index (χ4n) is 4.00. The standard InChI is InChI=1S/C20H26N2O4/c1-2-14-8-10-20(11-9-14,19(25)26)21-18(24)15-5-3-6-16(13-15)22-12-4-7-17(22)23/h3,5-6,13-14H,2,4,7-12H2,1H3,(H,21,24)(H,25,26). The van der Waals surface area contributed by atoms with Gasteiger partial charge in [-0.15, -0.1) is 0 Å². The van der Waals surface area contributed by atoms with Crippen LogP contribution in [-0.2, 0) is 9.59 Å². The molecule has 1 saturated carbocycles. The number of aliphatic carboxylic acids is 1. The first-order valence-corrected chi connectivity index (χ1v) is 9.41. The van der Waals surface area contributed by atoms with Crippen LogP contribution in [0.1, 0.15) is 62.2 Å². The van der Waals surface area contributed by atoms with Crippen LogP contribution in [0.15, 0.2) is 24.3 Å². The van der Waals surface area contributed by atoms with Crippen LogP contribution in [-0.4, -0.2) is 35.0 Å². The summed E-state index contributed by atoms with van der Waals surface area (Å²) in [6, 6.07) is 6.87. The van der Waals surface area contributed by atoms with E-state index >= 15 is 0 Å². The third-order valence-corrected chi connectivity index (χ3v) is 5.79. The highest BCUT2D eigenvalue weighted by Crippen LogP contribution is 2.34. The van der Waals surface area contributed by atoms with Gasteiger partial charge >= 0.3 is 5.97 Å². The molecule has 3 rings (SSSR count). The van der Waals surface area contributed by atoms with Gasteiger partial charge in [0.2, 0.25) is 5.91 Å². The van der Waals surface area contributed by atoms with E-state index in [1.807, 2.05) is 0 Å². The van der Waals surface area contributed by atoms with E-state index < -0.39 is 17.4 Å². The average Bonchev–Trinajstić information content (AvgIpc) is 3.08. The molecule has 0 unspecified atom stereocenters. The Hall–Kier alpha value is -2.37. The van der Waals surface area contributed by atoms with Crippen LogP contribution >= 0.6 is 0 Å². The molecule has 0 bridgehead atoms. The van der Waals surface area contributed by atoms with Crippen LogP contribution in [0.5, 0.6) is 0 Å². The number of benzene rings is 1. The van der Waals surface area contributed by atoms with Crippen LogP contribution in [0.3, 0.4) is 0 Å². The molecule has 1 aliphatic carbocycles. The molecule has 1 aliphatic heterocycles. The van der Waals surface area contributed by atoms with Crippen molar-refractivity contribution in [3.8, 4) is 0 Å². The average molecular weight is 358 g/mol. The number of carboxylic acid groups (broad SMARTS) is 1. The summed E-state index contributed by atoms with van der Waals surface area (Å²) < 4.78 is 0. The van der Waals surface area contributed by atoms with E-state index in [-0.39, 0.29) is 5.91 Å². The zero-order valence-corrected chi connectivity index (χ0v) is 15.2. The van der Waals surface area contributed by atoms with E-state index in [0.717, 1.165) is 25.7 Å². The second-order valence-corrected chi connectivity index (χ2v) is 7.39. The number of amides is 2. The fraction of sp³-hybridized carbons (Fsp3) is 0.550. The number of hydrogen-bond acceptors (Lipinski definition) is 3. The van der Waals surface area contributed by atoms with Gasteiger partial charge in [0, 0.05) is 24.2 Å².